The molecule has 0 unspecified atom stereocenters. The molecule has 4 rings (SSSR count). The molecule has 0 atom stereocenters. The van der Waals surface area contributed by atoms with Crippen molar-refractivity contribution in [1.82, 2.24) is 0 Å². The van der Waals surface area contributed by atoms with Crippen LogP contribution in [-0.2, 0) is 29.1 Å². The van der Waals surface area contributed by atoms with E-state index in [2.05, 4.69) is 6.58 Å². The molecular weight excluding hydrogens is 472 g/mol. The van der Waals surface area contributed by atoms with Gasteiger partial charge in [-0.25, -0.2) is 13.2 Å². The summed E-state index contributed by atoms with van der Waals surface area (Å²) < 4.78 is 100.0. The number of carbonyl (C=O) groups excluding carboxylic acids is 1. The van der Waals surface area contributed by atoms with Crippen molar-refractivity contribution in [2.45, 2.75) is 74.6 Å². The Labute approximate surface area is 190 Å². The molecule has 0 aromatic rings. The molecule has 4 aliphatic carbocycles. The Hall–Kier alpha value is -1.24. The lowest BCUT2D eigenvalue weighted by Gasteiger charge is -2.56. The van der Waals surface area contributed by atoms with Crippen LogP contribution < -0.4 is 0 Å². The zero-order chi connectivity index (χ0) is 24.5. The summed E-state index contributed by atoms with van der Waals surface area (Å²) in [5.74, 6) is -3.65. The Balaban J connectivity index is 1.28. The number of ether oxygens (including phenoxy) is 3. The molecule has 0 aliphatic heterocycles. The van der Waals surface area contributed by atoms with Gasteiger partial charge >= 0.3 is 17.1 Å². The molecule has 0 heterocycles. The minimum atomic E-state index is -6.49. The first-order chi connectivity index (χ1) is 15.2. The lowest BCUT2D eigenvalue weighted by atomic mass is 9.54. The van der Waals surface area contributed by atoms with Crippen molar-refractivity contribution in [3.05, 3.63) is 12.2 Å². The van der Waals surface area contributed by atoms with Gasteiger partial charge in [0.1, 0.15) is 0 Å². The minimum Gasteiger partial charge on any atom is -0.743 e. The van der Waals surface area contributed by atoms with Gasteiger partial charge in [0, 0.05) is 13.0 Å². The Kier molecular flexibility index (Phi) is 7.82. The summed E-state index contributed by atoms with van der Waals surface area (Å²) >= 11 is 0. The van der Waals surface area contributed by atoms with E-state index in [1.165, 1.54) is 19.3 Å². The van der Waals surface area contributed by atoms with Crippen molar-refractivity contribution in [1.29, 1.82) is 0 Å². The van der Waals surface area contributed by atoms with E-state index >= 15 is 0 Å². The Morgan fingerprint density at radius 2 is 1.58 bits per heavy atom. The van der Waals surface area contributed by atoms with Crippen molar-refractivity contribution < 1.29 is 49.5 Å². The molecule has 4 aliphatic rings. The maximum absolute atomic E-state index is 13.3. The van der Waals surface area contributed by atoms with E-state index in [-0.39, 0.29) is 37.6 Å². The smallest absolute Gasteiger partial charge is 0.396 e. The molecule has 4 fully saturated rings. The van der Waals surface area contributed by atoms with E-state index in [9.17, 15) is 35.3 Å². The van der Waals surface area contributed by atoms with Crippen LogP contribution in [0.2, 0.25) is 0 Å². The minimum absolute atomic E-state index is 0.0153. The zero-order valence-corrected chi connectivity index (χ0v) is 19.0. The van der Waals surface area contributed by atoms with Gasteiger partial charge in [-0.3, -0.25) is 0 Å². The average Bonchev–Trinajstić information content (AvgIpc) is 2.68. The first kappa shape index (κ1) is 26.4. The third-order valence-electron chi connectivity index (χ3n) is 6.87. The summed E-state index contributed by atoms with van der Waals surface area (Å²) in [6, 6.07) is 0. The highest BCUT2D eigenvalue weighted by Crippen LogP contribution is 2.57. The van der Waals surface area contributed by atoms with Crippen molar-refractivity contribution in [3.8, 4) is 0 Å². The Bertz CT molecular complexity index is 808. The molecule has 33 heavy (non-hydrogen) atoms. The van der Waals surface area contributed by atoms with E-state index in [4.69, 9.17) is 14.2 Å². The second-order valence-corrected chi connectivity index (χ2v) is 11.0. The summed E-state index contributed by atoms with van der Waals surface area (Å²) in [7, 11) is -6.49. The molecule has 0 aromatic heterocycles. The molecule has 190 valence electrons. The van der Waals surface area contributed by atoms with Crippen molar-refractivity contribution in [2.24, 2.45) is 17.8 Å². The number of esters is 1. The van der Waals surface area contributed by atoms with Crippen LogP contribution in [0.5, 0.6) is 0 Å². The van der Waals surface area contributed by atoms with E-state index < -0.39 is 40.1 Å². The number of unbranched alkanes of at least 4 members (excludes halogenated alkanes) is 1. The van der Waals surface area contributed by atoms with Crippen molar-refractivity contribution >= 4 is 16.1 Å². The van der Waals surface area contributed by atoms with E-state index in [1.807, 2.05) is 0 Å². The molecule has 0 radical (unpaired) electrons. The topological polar surface area (TPSA) is 102 Å². The normalized spacial score (nSPS) is 29.3. The molecule has 4 bridgehead atoms. The van der Waals surface area contributed by atoms with Crippen LogP contribution in [-0.4, -0.2) is 55.7 Å². The quantitative estimate of drug-likeness (QED) is 0.0939. The first-order valence-corrected chi connectivity index (χ1v) is 12.4. The summed E-state index contributed by atoms with van der Waals surface area (Å²) in [5.41, 5.74) is -0.227. The van der Waals surface area contributed by atoms with Crippen LogP contribution in [0, 0.1) is 17.8 Å². The lowest BCUT2D eigenvalue weighted by Crippen LogP contribution is -2.52. The fourth-order valence-corrected chi connectivity index (χ4v) is 6.12. The highest BCUT2D eigenvalue weighted by molar-refractivity contribution is 7.86. The third-order valence-corrected chi connectivity index (χ3v) is 7.80. The summed E-state index contributed by atoms with van der Waals surface area (Å²) in [6.07, 6.45) is 4.60. The lowest BCUT2D eigenvalue weighted by molar-refractivity contribution is -0.208. The van der Waals surface area contributed by atoms with Gasteiger partial charge < -0.3 is 18.8 Å². The second kappa shape index (κ2) is 9.79. The van der Waals surface area contributed by atoms with Gasteiger partial charge in [0.15, 0.2) is 16.9 Å². The van der Waals surface area contributed by atoms with Gasteiger partial charge in [-0.15, -0.1) is 0 Å². The fourth-order valence-electron chi connectivity index (χ4n) is 5.65. The summed E-state index contributed by atoms with van der Waals surface area (Å²) in [4.78, 5) is 12.0. The Morgan fingerprint density at radius 1 is 1.03 bits per heavy atom. The van der Waals surface area contributed by atoms with Crippen molar-refractivity contribution in [2.75, 3.05) is 20.0 Å². The van der Waals surface area contributed by atoms with Gasteiger partial charge in [0.2, 0.25) is 0 Å². The predicted octanol–water partition coefficient (Wildman–Crippen LogP) is 3.99. The number of alkyl halides is 4. The number of halogens is 4. The third kappa shape index (κ3) is 6.07. The Morgan fingerprint density at radius 3 is 2.09 bits per heavy atom. The molecule has 0 amide bonds. The molecule has 7 nitrogen and oxygen atoms in total. The van der Waals surface area contributed by atoms with Crippen molar-refractivity contribution in [3.63, 3.8) is 0 Å². The van der Waals surface area contributed by atoms with Gasteiger partial charge in [-0.2, -0.15) is 17.6 Å². The fraction of sp³-hybridized carbons (Fsp3) is 0.857. The summed E-state index contributed by atoms with van der Waals surface area (Å²) in [6.45, 7) is 2.94. The first-order valence-electron chi connectivity index (χ1n) is 11.0. The van der Waals surface area contributed by atoms with E-state index in [1.54, 1.807) is 0 Å². The standard InChI is InChI=1S/C21H30F4O7S/c1-14(12-30-5-3-2-4-20(22,23)21(24,25)33(27,28)29)18(26)31-13-32-19-9-15-6-16(10-19)8-17(7-15)11-19/h15-17H,1-13H2,(H,27,28,29)/p-1. The van der Waals surface area contributed by atoms with Gasteiger partial charge in [-0.05, 0) is 69.1 Å². The highest BCUT2D eigenvalue weighted by atomic mass is 32.2. The van der Waals surface area contributed by atoms with Crippen LogP contribution >= 0.6 is 0 Å². The van der Waals surface area contributed by atoms with E-state index in [0.717, 1.165) is 19.3 Å². The number of hydrogen-bond acceptors (Lipinski definition) is 7. The highest BCUT2D eigenvalue weighted by Gasteiger charge is 2.60. The molecule has 4 saturated carbocycles. The van der Waals surface area contributed by atoms with Crippen LogP contribution in [0.15, 0.2) is 12.2 Å². The number of rotatable bonds is 13. The molecule has 12 heteroatoms. The summed E-state index contributed by atoms with van der Waals surface area (Å²) in [5, 5.41) is -5.68. The maximum atomic E-state index is 13.3. The van der Waals surface area contributed by atoms with Crippen LogP contribution in [0.4, 0.5) is 17.6 Å². The molecular formula is C21H29F4O7S-. The largest absolute Gasteiger partial charge is 0.743 e. The average molecular weight is 502 g/mol. The zero-order valence-electron chi connectivity index (χ0n) is 18.2. The van der Waals surface area contributed by atoms with E-state index in [0.29, 0.717) is 17.8 Å². The van der Waals surface area contributed by atoms with Crippen LogP contribution in [0.25, 0.3) is 0 Å². The maximum Gasteiger partial charge on any atom is 0.396 e. The monoisotopic (exact) mass is 501 g/mol. The molecule has 0 aromatic carbocycles. The van der Waals surface area contributed by atoms with Gasteiger partial charge in [0.05, 0.1) is 17.8 Å². The van der Waals surface area contributed by atoms with Crippen LogP contribution in [0.1, 0.15) is 57.8 Å². The predicted molar refractivity (Wildman–Crippen MR) is 106 cm³/mol. The molecule has 0 N–H and O–H groups in total. The SMILES string of the molecule is C=C(COCCCCC(F)(F)C(F)(F)S(=O)(=O)[O-])C(=O)OCOC12CC3CC(CC(C3)C1)C2. The van der Waals surface area contributed by atoms with Crippen LogP contribution in [0.3, 0.4) is 0 Å². The molecule has 0 spiro atoms. The number of hydrogen-bond donors (Lipinski definition) is 0. The van der Waals surface area contributed by atoms with Gasteiger partial charge in [0.25, 0.3) is 0 Å². The van der Waals surface area contributed by atoms with Gasteiger partial charge in [-0.1, -0.05) is 6.58 Å². The molecule has 0 saturated heterocycles. The number of carbonyl (C=O) groups is 1. The second-order valence-electron chi connectivity index (χ2n) is 9.58.